The standard InChI is InChI=1S/C25H27NO3/c1-24(2,3)29-23(28)20-16-25(19-12-8-5-9-13-19)22(27)15-14-21(20)26(25)17-18-10-6-4-7-11-18/h4-15,20-21H,16-17H2,1-3H3/t20?,21-,25+/m0/s1. The van der Waals surface area contributed by atoms with Crippen LogP contribution in [0.4, 0.5) is 0 Å². The van der Waals surface area contributed by atoms with Gasteiger partial charge in [-0.2, -0.15) is 0 Å². The Bertz CT molecular complexity index is 930. The van der Waals surface area contributed by atoms with Crippen molar-refractivity contribution in [2.45, 2.75) is 50.9 Å². The van der Waals surface area contributed by atoms with Gasteiger partial charge in [-0.25, -0.2) is 0 Å². The highest BCUT2D eigenvalue weighted by Gasteiger charge is 2.59. The van der Waals surface area contributed by atoms with E-state index in [1.807, 2.05) is 75.4 Å². The number of carbonyl (C=O) groups is 2. The summed E-state index contributed by atoms with van der Waals surface area (Å²) >= 11 is 0. The molecule has 0 amide bonds. The normalized spacial score (nSPS) is 26.5. The lowest BCUT2D eigenvalue weighted by Gasteiger charge is -2.41. The van der Waals surface area contributed by atoms with Crippen LogP contribution < -0.4 is 0 Å². The first-order chi connectivity index (χ1) is 13.8. The maximum atomic E-state index is 13.3. The van der Waals surface area contributed by atoms with E-state index in [9.17, 15) is 9.59 Å². The van der Waals surface area contributed by atoms with Crippen LogP contribution in [0, 0.1) is 5.92 Å². The largest absolute Gasteiger partial charge is 0.460 e. The van der Waals surface area contributed by atoms with E-state index in [1.165, 1.54) is 0 Å². The van der Waals surface area contributed by atoms with Crippen LogP contribution in [0.5, 0.6) is 0 Å². The first-order valence-electron chi connectivity index (χ1n) is 10.1. The summed E-state index contributed by atoms with van der Waals surface area (Å²) in [5.41, 5.74) is 0.635. The first-order valence-corrected chi connectivity index (χ1v) is 10.1. The molecule has 0 spiro atoms. The van der Waals surface area contributed by atoms with Crippen LogP contribution in [0.3, 0.4) is 0 Å². The van der Waals surface area contributed by atoms with Crippen molar-refractivity contribution in [3.8, 4) is 0 Å². The number of hydrogen-bond donors (Lipinski definition) is 0. The zero-order valence-corrected chi connectivity index (χ0v) is 17.2. The molecule has 150 valence electrons. The van der Waals surface area contributed by atoms with Crippen LogP contribution >= 0.6 is 0 Å². The molecule has 2 bridgehead atoms. The van der Waals surface area contributed by atoms with Gasteiger partial charge in [-0.05, 0) is 44.4 Å². The summed E-state index contributed by atoms with van der Waals surface area (Å²) in [4.78, 5) is 28.6. The molecule has 4 rings (SSSR count). The molecule has 0 N–H and O–H groups in total. The zero-order chi connectivity index (χ0) is 20.6. The lowest BCUT2D eigenvalue weighted by Crippen LogP contribution is -2.51. The van der Waals surface area contributed by atoms with E-state index in [1.54, 1.807) is 6.08 Å². The summed E-state index contributed by atoms with van der Waals surface area (Å²) in [6, 6.07) is 19.7. The fourth-order valence-electron chi connectivity index (χ4n) is 4.59. The van der Waals surface area contributed by atoms with Crippen LogP contribution in [0.15, 0.2) is 72.8 Å². The number of nitrogens with zero attached hydrogens (tertiary/aromatic N) is 1. The summed E-state index contributed by atoms with van der Waals surface area (Å²) in [6.07, 6.45) is 3.97. The average Bonchev–Trinajstić information content (AvgIpc) is 2.92. The van der Waals surface area contributed by atoms with E-state index in [2.05, 4.69) is 17.0 Å². The van der Waals surface area contributed by atoms with Crippen LogP contribution in [0.1, 0.15) is 38.3 Å². The Balaban J connectivity index is 1.79. The number of fused-ring (bicyclic) bond motifs is 2. The molecule has 0 aromatic heterocycles. The molecule has 2 aromatic carbocycles. The van der Waals surface area contributed by atoms with Crippen LogP contribution in [0.25, 0.3) is 0 Å². The van der Waals surface area contributed by atoms with Gasteiger partial charge in [-0.15, -0.1) is 0 Å². The Labute approximate surface area is 172 Å². The number of esters is 1. The van der Waals surface area contributed by atoms with Gasteiger partial charge >= 0.3 is 5.97 Å². The minimum absolute atomic E-state index is 0.0296. The Hall–Kier alpha value is -2.72. The third-order valence-electron chi connectivity index (χ3n) is 5.79. The predicted molar refractivity (Wildman–Crippen MR) is 112 cm³/mol. The van der Waals surface area contributed by atoms with Crippen molar-refractivity contribution in [1.29, 1.82) is 0 Å². The van der Waals surface area contributed by atoms with Crippen molar-refractivity contribution in [3.63, 3.8) is 0 Å². The van der Waals surface area contributed by atoms with Gasteiger partial charge in [0.2, 0.25) is 0 Å². The lowest BCUT2D eigenvalue weighted by atomic mass is 9.81. The second kappa shape index (κ2) is 7.27. The van der Waals surface area contributed by atoms with Crippen LogP contribution in [0.2, 0.25) is 0 Å². The van der Waals surface area contributed by atoms with Crippen molar-refractivity contribution < 1.29 is 14.3 Å². The van der Waals surface area contributed by atoms with Crippen molar-refractivity contribution in [3.05, 3.63) is 83.9 Å². The number of ether oxygens (including phenoxy) is 1. The Kier molecular flexibility index (Phi) is 4.91. The molecule has 3 atom stereocenters. The second-order valence-corrected chi connectivity index (χ2v) is 8.90. The quantitative estimate of drug-likeness (QED) is 0.734. The van der Waals surface area contributed by atoms with E-state index >= 15 is 0 Å². The van der Waals surface area contributed by atoms with E-state index in [-0.39, 0.29) is 23.7 Å². The number of rotatable bonds is 4. The molecule has 2 heterocycles. The summed E-state index contributed by atoms with van der Waals surface area (Å²) in [5.74, 6) is -0.597. The van der Waals surface area contributed by atoms with E-state index in [4.69, 9.17) is 4.74 Å². The maximum absolute atomic E-state index is 13.3. The van der Waals surface area contributed by atoms with E-state index in [0.29, 0.717) is 13.0 Å². The van der Waals surface area contributed by atoms with Gasteiger partial charge in [0.25, 0.3) is 0 Å². The molecule has 2 aliphatic rings. The molecule has 4 nitrogen and oxygen atoms in total. The van der Waals surface area contributed by atoms with Crippen molar-refractivity contribution in [2.75, 3.05) is 0 Å². The van der Waals surface area contributed by atoms with E-state index < -0.39 is 11.1 Å². The van der Waals surface area contributed by atoms with Gasteiger partial charge in [-0.1, -0.05) is 66.7 Å². The molecule has 29 heavy (non-hydrogen) atoms. The summed E-state index contributed by atoms with van der Waals surface area (Å²) in [6.45, 7) is 6.22. The lowest BCUT2D eigenvalue weighted by molar-refractivity contribution is -0.160. The SMILES string of the molecule is CC(C)(C)OC(=O)C1C[C@@]2(c3ccccc3)C(=O)C=C[C@@H]1N2Cc1ccccc1. The number of hydrogen-bond acceptors (Lipinski definition) is 4. The zero-order valence-electron chi connectivity index (χ0n) is 17.2. The highest BCUT2D eigenvalue weighted by Crippen LogP contribution is 2.50. The topological polar surface area (TPSA) is 46.6 Å². The Morgan fingerprint density at radius 2 is 1.69 bits per heavy atom. The molecule has 0 aliphatic carbocycles. The molecule has 1 unspecified atom stereocenters. The van der Waals surface area contributed by atoms with Gasteiger partial charge in [0.1, 0.15) is 11.1 Å². The van der Waals surface area contributed by atoms with Crippen molar-refractivity contribution in [1.82, 2.24) is 4.90 Å². The summed E-state index contributed by atoms with van der Waals surface area (Å²) in [5, 5.41) is 0. The minimum atomic E-state index is -0.849. The van der Waals surface area contributed by atoms with Crippen molar-refractivity contribution in [2.24, 2.45) is 5.92 Å². The number of ketones is 1. The summed E-state index contributed by atoms with van der Waals surface area (Å²) < 4.78 is 5.73. The molecule has 2 aromatic rings. The molecule has 1 saturated heterocycles. The highest BCUT2D eigenvalue weighted by atomic mass is 16.6. The van der Waals surface area contributed by atoms with Crippen LogP contribution in [-0.4, -0.2) is 28.3 Å². The summed E-state index contributed by atoms with van der Waals surface area (Å²) in [7, 11) is 0. The Morgan fingerprint density at radius 1 is 1.07 bits per heavy atom. The predicted octanol–water partition coefficient (Wildman–Crippen LogP) is 4.25. The fourth-order valence-corrected chi connectivity index (χ4v) is 4.59. The molecule has 0 saturated carbocycles. The van der Waals surface area contributed by atoms with Gasteiger partial charge in [0.05, 0.1) is 5.92 Å². The van der Waals surface area contributed by atoms with Gasteiger partial charge in [0, 0.05) is 12.6 Å². The molecular weight excluding hydrogens is 362 g/mol. The highest BCUT2D eigenvalue weighted by molar-refractivity contribution is 6.01. The molecule has 0 radical (unpaired) electrons. The maximum Gasteiger partial charge on any atom is 0.311 e. The monoisotopic (exact) mass is 389 g/mol. The first kappa shape index (κ1) is 19.6. The third-order valence-corrected chi connectivity index (χ3v) is 5.79. The average molecular weight is 389 g/mol. The fraction of sp³-hybridized carbons (Fsp3) is 0.360. The van der Waals surface area contributed by atoms with Gasteiger partial charge in [0.15, 0.2) is 5.78 Å². The van der Waals surface area contributed by atoms with E-state index in [0.717, 1.165) is 11.1 Å². The molecular formula is C25H27NO3. The van der Waals surface area contributed by atoms with Crippen molar-refractivity contribution >= 4 is 11.8 Å². The number of carbonyl (C=O) groups excluding carboxylic acids is 2. The van der Waals surface area contributed by atoms with Gasteiger partial charge < -0.3 is 4.74 Å². The van der Waals surface area contributed by atoms with Gasteiger partial charge in [-0.3, -0.25) is 14.5 Å². The number of benzene rings is 2. The second-order valence-electron chi connectivity index (χ2n) is 8.90. The third kappa shape index (κ3) is 3.53. The smallest absolute Gasteiger partial charge is 0.311 e. The van der Waals surface area contributed by atoms with Crippen LogP contribution in [-0.2, 0) is 26.4 Å². The molecule has 2 aliphatic heterocycles. The minimum Gasteiger partial charge on any atom is -0.460 e. The Morgan fingerprint density at radius 3 is 2.31 bits per heavy atom. The molecule has 4 heteroatoms. The molecule has 1 fully saturated rings.